The number of nitrogens with zero attached hydrogens (tertiary/aromatic N) is 2. The number of amides is 1. The van der Waals surface area contributed by atoms with Crippen LogP contribution in [0.15, 0.2) is 42.6 Å². The predicted molar refractivity (Wildman–Crippen MR) is 93.9 cm³/mol. The van der Waals surface area contributed by atoms with Crippen molar-refractivity contribution >= 4 is 11.7 Å². The van der Waals surface area contributed by atoms with E-state index in [0.29, 0.717) is 24.5 Å². The van der Waals surface area contributed by atoms with Crippen LogP contribution in [-0.2, 0) is 0 Å². The second kappa shape index (κ2) is 7.61. The Bertz CT molecular complexity index is 728. The van der Waals surface area contributed by atoms with Crippen LogP contribution in [0.4, 0.5) is 10.2 Å². The number of halogens is 1. The maximum absolute atomic E-state index is 13.0. The third-order valence-corrected chi connectivity index (χ3v) is 4.76. The summed E-state index contributed by atoms with van der Waals surface area (Å²) in [5, 5.41) is 13.2. The van der Waals surface area contributed by atoms with Crippen LogP contribution in [-0.4, -0.2) is 36.1 Å². The lowest BCUT2D eigenvalue weighted by Crippen LogP contribution is -2.37. The smallest absolute Gasteiger partial charge is 0.254 e. The minimum atomic E-state index is -0.607. The molecule has 0 radical (unpaired) electrons. The minimum Gasteiger partial charge on any atom is -0.388 e. The van der Waals surface area contributed by atoms with Gasteiger partial charge in [0.1, 0.15) is 11.6 Å². The molecule has 1 aromatic carbocycles. The third kappa shape index (κ3) is 3.79. The van der Waals surface area contributed by atoms with Crippen molar-refractivity contribution in [1.82, 2.24) is 10.3 Å². The lowest BCUT2D eigenvalue weighted by molar-refractivity contribution is 0.0922. The van der Waals surface area contributed by atoms with E-state index in [1.807, 2.05) is 0 Å². The van der Waals surface area contributed by atoms with E-state index in [4.69, 9.17) is 0 Å². The molecule has 6 heteroatoms. The zero-order valence-corrected chi connectivity index (χ0v) is 14.2. The molecule has 0 saturated carbocycles. The maximum atomic E-state index is 13.0. The van der Waals surface area contributed by atoms with Gasteiger partial charge in [-0.2, -0.15) is 0 Å². The van der Waals surface area contributed by atoms with Gasteiger partial charge in [-0.1, -0.05) is 12.1 Å². The molecule has 1 aromatic heterocycles. The van der Waals surface area contributed by atoms with Gasteiger partial charge in [0.2, 0.25) is 0 Å². The first-order valence-electron chi connectivity index (χ1n) is 8.45. The Hall–Kier alpha value is -2.47. The van der Waals surface area contributed by atoms with E-state index in [2.05, 4.69) is 15.2 Å². The highest BCUT2D eigenvalue weighted by atomic mass is 19.1. The normalized spacial score (nSPS) is 16.5. The molecule has 2 heterocycles. The van der Waals surface area contributed by atoms with Gasteiger partial charge >= 0.3 is 0 Å². The number of aliphatic hydroxyl groups is 1. The van der Waals surface area contributed by atoms with Crippen LogP contribution in [0.3, 0.4) is 0 Å². The molecule has 1 atom stereocenters. The number of anilines is 1. The molecule has 1 amide bonds. The van der Waals surface area contributed by atoms with Crippen molar-refractivity contribution in [3.63, 3.8) is 0 Å². The SMILES string of the molecule is CNC(=O)c1cccnc1N1CCC(C(O)c2ccc(F)cc2)CC1. The molecule has 0 aliphatic carbocycles. The van der Waals surface area contributed by atoms with Gasteiger partial charge in [-0.05, 0) is 48.6 Å². The van der Waals surface area contributed by atoms with Crippen molar-refractivity contribution in [2.24, 2.45) is 5.92 Å². The molecule has 2 aromatic rings. The number of carbonyl (C=O) groups excluding carboxylic acids is 1. The van der Waals surface area contributed by atoms with Crippen molar-refractivity contribution < 1.29 is 14.3 Å². The van der Waals surface area contributed by atoms with Gasteiger partial charge < -0.3 is 15.3 Å². The Morgan fingerprint density at radius 3 is 2.60 bits per heavy atom. The van der Waals surface area contributed by atoms with E-state index in [-0.39, 0.29) is 17.6 Å². The summed E-state index contributed by atoms with van der Waals surface area (Å²) in [6.45, 7) is 1.42. The van der Waals surface area contributed by atoms with Crippen LogP contribution < -0.4 is 10.2 Å². The summed E-state index contributed by atoms with van der Waals surface area (Å²) < 4.78 is 13.0. The maximum Gasteiger partial charge on any atom is 0.254 e. The molecule has 1 unspecified atom stereocenters. The Kier molecular flexibility index (Phi) is 5.28. The van der Waals surface area contributed by atoms with Crippen LogP contribution in [0.25, 0.3) is 0 Å². The lowest BCUT2D eigenvalue weighted by Gasteiger charge is -2.35. The number of hydrogen-bond donors (Lipinski definition) is 2. The molecule has 1 aliphatic heterocycles. The molecule has 0 bridgehead atoms. The second-order valence-electron chi connectivity index (χ2n) is 6.27. The fourth-order valence-corrected chi connectivity index (χ4v) is 3.32. The zero-order chi connectivity index (χ0) is 17.8. The van der Waals surface area contributed by atoms with Gasteiger partial charge in [0.05, 0.1) is 11.7 Å². The highest BCUT2D eigenvalue weighted by Crippen LogP contribution is 2.32. The fourth-order valence-electron chi connectivity index (χ4n) is 3.32. The summed E-state index contributed by atoms with van der Waals surface area (Å²) in [7, 11) is 1.60. The highest BCUT2D eigenvalue weighted by Gasteiger charge is 2.28. The van der Waals surface area contributed by atoms with Crippen molar-refractivity contribution in [1.29, 1.82) is 0 Å². The van der Waals surface area contributed by atoms with Gasteiger partial charge in [0.25, 0.3) is 5.91 Å². The number of nitrogens with one attached hydrogen (secondary N) is 1. The molecule has 1 fully saturated rings. The van der Waals surface area contributed by atoms with E-state index in [9.17, 15) is 14.3 Å². The lowest BCUT2D eigenvalue weighted by atomic mass is 9.87. The Balaban J connectivity index is 1.68. The van der Waals surface area contributed by atoms with E-state index >= 15 is 0 Å². The van der Waals surface area contributed by atoms with Gasteiger partial charge in [0, 0.05) is 26.3 Å². The minimum absolute atomic E-state index is 0.105. The number of carbonyl (C=O) groups is 1. The molecule has 25 heavy (non-hydrogen) atoms. The van der Waals surface area contributed by atoms with Gasteiger partial charge in [0.15, 0.2) is 0 Å². The first kappa shape index (κ1) is 17.4. The Morgan fingerprint density at radius 2 is 1.96 bits per heavy atom. The highest BCUT2D eigenvalue weighted by molar-refractivity contribution is 5.98. The average Bonchev–Trinajstić information content (AvgIpc) is 2.67. The predicted octanol–water partition coefficient (Wildman–Crippen LogP) is 2.53. The van der Waals surface area contributed by atoms with E-state index in [1.165, 1.54) is 12.1 Å². The quantitative estimate of drug-likeness (QED) is 0.895. The summed E-state index contributed by atoms with van der Waals surface area (Å²) in [6.07, 6.45) is 2.64. The molecule has 1 saturated heterocycles. The largest absolute Gasteiger partial charge is 0.388 e. The molecule has 0 spiro atoms. The number of hydrogen-bond acceptors (Lipinski definition) is 4. The van der Waals surface area contributed by atoms with Crippen LogP contribution in [0, 0.1) is 11.7 Å². The van der Waals surface area contributed by atoms with E-state index in [1.54, 1.807) is 37.5 Å². The molecule has 1 aliphatic rings. The van der Waals surface area contributed by atoms with Crippen LogP contribution in [0.5, 0.6) is 0 Å². The average molecular weight is 343 g/mol. The number of rotatable bonds is 4. The molecular formula is C19H22FN3O2. The van der Waals surface area contributed by atoms with Crippen LogP contribution in [0.2, 0.25) is 0 Å². The fraction of sp³-hybridized carbons (Fsp3) is 0.368. The summed E-state index contributed by atoms with van der Waals surface area (Å²) in [4.78, 5) is 18.5. The number of benzene rings is 1. The second-order valence-corrected chi connectivity index (χ2v) is 6.27. The standard InChI is InChI=1S/C19H22FN3O2/c1-21-19(25)16-3-2-10-22-18(16)23-11-8-14(9-12-23)17(24)13-4-6-15(20)7-5-13/h2-7,10,14,17,24H,8-9,11-12H2,1H3,(H,21,25). The third-order valence-electron chi connectivity index (χ3n) is 4.76. The summed E-state index contributed by atoms with van der Waals surface area (Å²) in [6, 6.07) is 9.53. The first-order chi connectivity index (χ1) is 12.1. The van der Waals surface area contributed by atoms with Crippen molar-refractivity contribution in [3.05, 3.63) is 59.5 Å². The van der Waals surface area contributed by atoms with Gasteiger partial charge in [-0.15, -0.1) is 0 Å². The monoisotopic (exact) mass is 343 g/mol. The van der Waals surface area contributed by atoms with Crippen molar-refractivity contribution in [2.45, 2.75) is 18.9 Å². The summed E-state index contributed by atoms with van der Waals surface area (Å²) in [5.74, 6) is 0.324. The zero-order valence-electron chi connectivity index (χ0n) is 14.2. The molecule has 2 N–H and O–H groups in total. The summed E-state index contributed by atoms with van der Waals surface area (Å²) >= 11 is 0. The Morgan fingerprint density at radius 1 is 1.28 bits per heavy atom. The molecule has 5 nitrogen and oxygen atoms in total. The van der Waals surface area contributed by atoms with Crippen molar-refractivity contribution in [2.75, 3.05) is 25.0 Å². The van der Waals surface area contributed by atoms with E-state index in [0.717, 1.165) is 18.4 Å². The molecule has 3 rings (SSSR count). The Labute approximate surface area is 146 Å². The molecular weight excluding hydrogens is 321 g/mol. The number of piperidine rings is 1. The molecule has 132 valence electrons. The summed E-state index contributed by atoms with van der Waals surface area (Å²) in [5.41, 5.74) is 1.30. The first-order valence-corrected chi connectivity index (χ1v) is 8.45. The van der Waals surface area contributed by atoms with Gasteiger partial charge in [-0.25, -0.2) is 9.37 Å². The number of pyridine rings is 1. The van der Waals surface area contributed by atoms with E-state index < -0.39 is 6.10 Å². The number of aromatic nitrogens is 1. The van der Waals surface area contributed by atoms with Crippen LogP contribution in [0.1, 0.15) is 34.9 Å². The topological polar surface area (TPSA) is 65.5 Å². The van der Waals surface area contributed by atoms with Crippen LogP contribution >= 0.6 is 0 Å². The van der Waals surface area contributed by atoms with Gasteiger partial charge in [-0.3, -0.25) is 4.79 Å². The van der Waals surface area contributed by atoms with Crippen molar-refractivity contribution in [3.8, 4) is 0 Å². The number of aliphatic hydroxyl groups excluding tert-OH is 1.